The fourth-order valence-electron chi connectivity index (χ4n) is 2.85. The van der Waals surface area contributed by atoms with Crippen molar-refractivity contribution in [3.8, 4) is 5.75 Å². The fourth-order valence-corrected chi connectivity index (χ4v) is 2.85. The van der Waals surface area contributed by atoms with Gasteiger partial charge in [0.1, 0.15) is 12.0 Å². The zero-order chi connectivity index (χ0) is 17.5. The Balaban J connectivity index is 1.90. The van der Waals surface area contributed by atoms with Crippen LogP contribution in [0.3, 0.4) is 0 Å². The Labute approximate surface area is 147 Å². The van der Waals surface area contributed by atoms with Crippen LogP contribution >= 0.6 is 0 Å². The van der Waals surface area contributed by atoms with Gasteiger partial charge in [0.05, 0.1) is 20.3 Å². The summed E-state index contributed by atoms with van der Waals surface area (Å²) in [6.45, 7) is 1.67. The normalized spacial score (nSPS) is 11.2. The zero-order valence-corrected chi connectivity index (χ0v) is 14.2. The lowest BCUT2D eigenvalue weighted by atomic mass is 10.2. The standard InChI is InChI=1S/C21H21NO3/c1-24-20-9-10-21-18(14-20)13-19(16-25-12-6-5-11-23)22(21)15-17-7-3-2-4-8-17/h2-11,13-14H,12,15-16H2,1H3/b6-5+. The molecule has 2 aromatic carbocycles. The van der Waals surface area contributed by atoms with Crippen LogP contribution in [0, 0.1) is 0 Å². The lowest BCUT2D eigenvalue weighted by molar-refractivity contribution is -0.104. The third-order valence-electron chi connectivity index (χ3n) is 4.06. The number of aldehydes is 1. The molecule has 0 aliphatic rings. The number of allylic oxidation sites excluding steroid dienone is 1. The molecule has 0 saturated carbocycles. The smallest absolute Gasteiger partial charge is 0.142 e. The number of nitrogens with zero attached hydrogens (tertiary/aromatic N) is 1. The molecule has 1 aromatic heterocycles. The summed E-state index contributed by atoms with van der Waals surface area (Å²) in [6.07, 6.45) is 3.91. The first-order valence-electron chi connectivity index (χ1n) is 8.20. The van der Waals surface area contributed by atoms with Crippen LogP contribution in [-0.4, -0.2) is 24.6 Å². The van der Waals surface area contributed by atoms with Gasteiger partial charge in [-0.1, -0.05) is 36.4 Å². The van der Waals surface area contributed by atoms with Gasteiger partial charge in [-0.3, -0.25) is 4.79 Å². The highest BCUT2D eigenvalue weighted by Crippen LogP contribution is 2.26. The van der Waals surface area contributed by atoms with Crippen LogP contribution in [0.25, 0.3) is 10.9 Å². The largest absolute Gasteiger partial charge is 0.497 e. The molecule has 3 aromatic rings. The van der Waals surface area contributed by atoms with E-state index in [1.807, 2.05) is 30.3 Å². The van der Waals surface area contributed by atoms with Crippen molar-refractivity contribution in [3.63, 3.8) is 0 Å². The van der Waals surface area contributed by atoms with Crippen molar-refractivity contribution in [2.45, 2.75) is 13.2 Å². The van der Waals surface area contributed by atoms with Gasteiger partial charge < -0.3 is 14.0 Å². The summed E-state index contributed by atoms with van der Waals surface area (Å²) in [5.41, 5.74) is 3.47. The summed E-state index contributed by atoms with van der Waals surface area (Å²) >= 11 is 0. The lowest BCUT2D eigenvalue weighted by Crippen LogP contribution is -2.06. The first-order chi connectivity index (χ1) is 12.3. The number of methoxy groups -OCH3 is 1. The van der Waals surface area contributed by atoms with Crippen LogP contribution in [0.15, 0.2) is 66.7 Å². The predicted octanol–water partition coefficient (Wildman–Crippen LogP) is 3.97. The third kappa shape index (κ3) is 4.17. The number of carbonyl (C=O) groups is 1. The summed E-state index contributed by atoms with van der Waals surface area (Å²) in [4.78, 5) is 10.3. The first-order valence-corrected chi connectivity index (χ1v) is 8.20. The topological polar surface area (TPSA) is 40.5 Å². The Morgan fingerprint density at radius 3 is 2.68 bits per heavy atom. The zero-order valence-electron chi connectivity index (χ0n) is 14.2. The van der Waals surface area contributed by atoms with Gasteiger partial charge >= 0.3 is 0 Å². The SMILES string of the molecule is COc1ccc2c(c1)cc(COC/C=C/C=O)n2Cc1ccccc1. The Morgan fingerprint density at radius 2 is 1.92 bits per heavy atom. The van der Waals surface area contributed by atoms with Crippen LogP contribution in [0.4, 0.5) is 0 Å². The van der Waals surface area contributed by atoms with Gasteiger partial charge in [-0.15, -0.1) is 0 Å². The van der Waals surface area contributed by atoms with E-state index in [1.165, 1.54) is 11.6 Å². The quantitative estimate of drug-likeness (QED) is 0.355. The average Bonchev–Trinajstić information content (AvgIpc) is 2.99. The predicted molar refractivity (Wildman–Crippen MR) is 98.9 cm³/mol. The highest BCUT2D eigenvalue weighted by molar-refractivity contribution is 5.83. The van der Waals surface area contributed by atoms with Crippen LogP contribution in [0.2, 0.25) is 0 Å². The second kappa shape index (κ2) is 8.31. The minimum Gasteiger partial charge on any atom is -0.497 e. The molecule has 3 rings (SSSR count). The van der Waals surface area contributed by atoms with Crippen molar-refractivity contribution in [1.29, 1.82) is 0 Å². The molecule has 0 aliphatic carbocycles. The van der Waals surface area contributed by atoms with Gasteiger partial charge in [-0.2, -0.15) is 0 Å². The molecule has 0 aliphatic heterocycles. The lowest BCUT2D eigenvalue weighted by Gasteiger charge is -2.11. The maximum Gasteiger partial charge on any atom is 0.142 e. The van der Waals surface area contributed by atoms with Crippen molar-refractivity contribution >= 4 is 17.2 Å². The molecule has 0 spiro atoms. The minimum absolute atomic E-state index is 0.412. The van der Waals surface area contributed by atoms with E-state index < -0.39 is 0 Å². The first kappa shape index (κ1) is 17.0. The Kier molecular flexibility index (Phi) is 5.65. The summed E-state index contributed by atoms with van der Waals surface area (Å²) < 4.78 is 13.3. The molecule has 0 bridgehead atoms. The van der Waals surface area contributed by atoms with E-state index in [-0.39, 0.29) is 0 Å². The maximum absolute atomic E-state index is 10.3. The molecule has 1 heterocycles. The van der Waals surface area contributed by atoms with Gasteiger partial charge in [0.25, 0.3) is 0 Å². The molecule has 0 atom stereocenters. The number of hydrogen-bond acceptors (Lipinski definition) is 3. The van der Waals surface area contributed by atoms with Crippen molar-refractivity contribution in [3.05, 3.63) is 78.0 Å². The van der Waals surface area contributed by atoms with E-state index in [0.717, 1.165) is 35.2 Å². The molecule has 4 nitrogen and oxygen atoms in total. The van der Waals surface area contributed by atoms with Crippen molar-refractivity contribution in [2.75, 3.05) is 13.7 Å². The average molecular weight is 335 g/mol. The monoisotopic (exact) mass is 335 g/mol. The number of fused-ring (bicyclic) bond motifs is 1. The summed E-state index contributed by atoms with van der Waals surface area (Å²) in [6, 6.07) is 18.6. The summed E-state index contributed by atoms with van der Waals surface area (Å²) in [7, 11) is 1.67. The molecule has 0 N–H and O–H groups in total. The molecule has 25 heavy (non-hydrogen) atoms. The Hall–Kier alpha value is -2.85. The number of carbonyl (C=O) groups excluding carboxylic acids is 1. The molecular formula is C21H21NO3. The van der Waals surface area contributed by atoms with Gasteiger partial charge in [-0.05, 0) is 35.9 Å². The van der Waals surface area contributed by atoms with E-state index in [0.29, 0.717) is 13.2 Å². The molecule has 0 saturated heterocycles. The number of rotatable bonds is 8. The van der Waals surface area contributed by atoms with Gasteiger partial charge in [0.15, 0.2) is 0 Å². The second-order valence-corrected chi connectivity index (χ2v) is 5.71. The Bertz CT molecular complexity index is 865. The molecule has 0 amide bonds. The third-order valence-corrected chi connectivity index (χ3v) is 4.06. The molecule has 4 heteroatoms. The van der Waals surface area contributed by atoms with Crippen LogP contribution in [-0.2, 0) is 22.7 Å². The number of aromatic nitrogens is 1. The van der Waals surface area contributed by atoms with E-state index in [9.17, 15) is 4.79 Å². The fraction of sp³-hybridized carbons (Fsp3) is 0.190. The van der Waals surface area contributed by atoms with Gasteiger partial charge in [0, 0.05) is 23.1 Å². The second-order valence-electron chi connectivity index (χ2n) is 5.71. The summed E-state index contributed by atoms with van der Waals surface area (Å²) in [5.74, 6) is 0.839. The number of ether oxygens (including phenoxy) is 2. The highest BCUT2D eigenvalue weighted by atomic mass is 16.5. The molecule has 128 valence electrons. The van der Waals surface area contributed by atoms with Crippen LogP contribution < -0.4 is 4.74 Å². The number of hydrogen-bond donors (Lipinski definition) is 0. The van der Waals surface area contributed by atoms with E-state index in [1.54, 1.807) is 13.2 Å². The van der Waals surface area contributed by atoms with Crippen LogP contribution in [0.5, 0.6) is 5.75 Å². The van der Waals surface area contributed by atoms with Gasteiger partial charge in [-0.25, -0.2) is 0 Å². The van der Waals surface area contributed by atoms with Crippen molar-refractivity contribution < 1.29 is 14.3 Å². The molecule has 0 fully saturated rings. The molecular weight excluding hydrogens is 314 g/mol. The van der Waals surface area contributed by atoms with Crippen molar-refractivity contribution in [1.82, 2.24) is 4.57 Å². The number of benzene rings is 2. The molecule has 0 radical (unpaired) electrons. The minimum atomic E-state index is 0.412. The van der Waals surface area contributed by atoms with E-state index >= 15 is 0 Å². The summed E-state index contributed by atoms with van der Waals surface area (Å²) in [5, 5.41) is 1.12. The van der Waals surface area contributed by atoms with E-state index in [2.05, 4.69) is 28.8 Å². The Morgan fingerprint density at radius 1 is 1.08 bits per heavy atom. The van der Waals surface area contributed by atoms with Crippen molar-refractivity contribution in [2.24, 2.45) is 0 Å². The van der Waals surface area contributed by atoms with E-state index in [4.69, 9.17) is 9.47 Å². The molecule has 0 unspecified atom stereocenters. The highest BCUT2D eigenvalue weighted by Gasteiger charge is 2.10. The van der Waals surface area contributed by atoms with Gasteiger partial charge in [0.2, 0.25) is 0 Å². The maximum atomic E-state index is 10.3. The van der Waals surface area contributed by atoms with Crippen LogP contribution in [0.1, 0.15) is 11.3 Å².